The molecule has 0 saturated carbocycles. The Morgan fingerprint density at radius 2 is 1.97 bits per heavy atom. The Kier molecular flexibility index (Phi) is 5.20. The zero-order chi connectivity index (χ0) is 20.4. The van der Waals surface area contributed by atoms with E-state index in [2.05, 4.69) is 29.0 Å². The average Bonchev–Trinajstić information content (AvgIpc) is 3.14. The Labute approximate surface area is 169 Å². The number of halogens is 1. The minimum atomic E-state index is -0.372. The summed E-state index contributed by atoms with van der Waals surface area (Å²) in [5.74, 6) is -0.109. The molecular formula is C22H24FN5O. The molecule has 150 valence electrons. The van der Waals surface area contributed by atoms with Crippen molar-refractivity contribution in [2.24, 2.45) is 4.99 Å². The van der Waals surface area contributed by atoms with Gasteiger partial charge in [0, 0.05) is 31.1 Å². The minimum absolute atomic E-state index is 0.264. The van der Waals surface area contributed by atoms with Crippen LogP contribution in [0, 0.1) is 5.82 Å². The number of rotatable bonds is 6. The molecule has 2 aliphatic rings. The minimum Gasteiger partial charge on any atom is -0.508 e. The second-order valence-corrected chi connectivity index (χ2v) is 7.38. The first-order chi connectivity index (χ1) is 14.0. The number of aromatic hydroxyl groups is 1. The van der Waals surface area contributed by atoms with Crippen molar-refractivity contribution in [3.05, 3.63) is 77.9 Å². The highest BCUT2D eigenvalue weighted by molar-refractivity contribution is 6.14. The molecule has 2 aliphatic heterocycles. The molecule has 4 rings (SSSR count). The SMILES string of the molecule is CC(C)N1CN=C2C(NCCc3ccc(O)cc3)=CN(c3cncc(F)c3)C=C21. The summed E-state index contributed by atoms with van der Waals surface area (Å²) in [6.45, 7) is 5.57. The van der Waals surface area contributed by atoms with Gasteiger partial charge in [-0.15, -0.1) is 0 Å². The number of fused-ring (bicyclic) bond motifs is 1. The van der Waals surface area contributed by atoms with Gasteiger partial charge in [0.1, 0.15) is 23.9 Å². The number of hydrogen-bond donors (Lipinski definition) is 2. The topological polar surface area (TPSA) is 64.0 Å². The van der Waals surface area contributed by atoms with Crippen LogP contribution in [-0.4, -0.2) is 40.0 Å². The highest BCUT2D eigenvalue weighted by Gasteiger charge is 2.30. The molecule has 0 spiro atoms. The number of pyridine rings is 1. The van der Waals surface area contributed by atoms with Gasteiger partial charge in [-0.05, 0) is 38.0 Å². The molecule has 7 heteroatoms. The van der Waals surface area contributed by atoms with Gasteiger partial charge < -0.3 is 20.2 Å². The Bertz CT molecular complexity index is 981. The number of benzene rings is 1. The summed E-state index contributed by atoms with van der Waals surface area (Å²) in [5.41, 5.74) is 4.62. The van der Waals surface area contributed by atoms with Crippen LogP contribution in [0.15, 0.2) is 71.5 Å². The number of anilines is 1. The van der Waals surface area contributed by atoms with Crippen molar-refractivity contribution < 1.29 is 9.50 Å². The van der Waals surface area contributed by atoms with Gasteiger partial charge in [-0.2, -0.15) is 0 Å². The fraction of sp³-hybridized carbons (Fsp3) is 0.273. The molecule has 1 aromatic heterocycles. The summed E-state index contributed by atoms with van der Waals surface area (Å²) in [6.07, 6.45) is 7.55. The molecule has 2 N–H and O–H groups in total. The van der Waals surface area contributed by atoms with E-state index in [-0.39, 0.29) is 11.6 Å². The molecule has 6 nitrogen and oxygen atoms in total. The van der Waals surface area contributed by atoms with Gasteiger partial charge in [0.25, 0.3) is 0 Å². The lowest BCUT2D eigenvalue weighted by Gasteiger charge is -2.30. The zero-order valence-electron chi connectivity index (χ0n) is 16.5. The van der Waals surface area contributed by atoms with Crippen LogP contribution in [0.4, 0.5) is 10.1 Å². The number of hydrogen-bond acceptors (Lipinski definition) is 6. The highest BCUT2D eigenvalue weighted by Crippen LogP contribution is 2.29. The van der Waals surface area contributed by atoms with Crippen molar-refractivity contribution in [2.75, 3.05) is 18.1 Å². The van der Waals surface area contributed by atoms with Crippen molar-refractivity contribution in [1.29, 1.82) is 0 Å². The first kappa shape index (κ1) is 19.0. The van der Waals surface area contributed by atoms with Crippen LogP contribution in [0.5, 0.6) is 5.75 Å². The standard InChI is InChI=1S/C22H24FN5O/c1-15(2)28-14-26-22-20(25-8-7-16-3-5-19(29)6-4-16)12-27(13-21(22)28)18-9-17(23)10-24-11-18/h3-6,9-13,15,25,29H,7-8,14H2,1-2H3. The largest absolute Gasteiger partial charge is 0.508 e. The summed E-state index contributed by atoms with van der Waals surface area (Å²) >= 11 is 0. The molecule has 1 aromatic carbocycles. The molecule has 0 aliphatic carbocycles. The van der Waals surface area contributed by atoms with Crippen LogP contribution >= 0.6 is 0 Å². The van der Waals surface area contributed by atoms with E-state index < -0.39 is 0 Å². The van der Waals surface area contributed by atoms with Crippen LogP contribution in [0.1, 0.15) is 19.4 Å². The smallest absolute Gasteiger partial charge is 0.143 e. The van der Waals surface area contributed by atoms with E-state index in [1.54, 1.807) is 18.3 Å². The predicted octanol–water partition coefficient (Wildman–Crippen LogP) is 3.38. The second-order valence-electron chi connectivity index (χ2n) is 7.38. The number of aliphatic imine (C=N–C) groups is 1. The molecule has 0 unspecified atom stereocenters. The van der Waals surface area contributed by atoms with Crippen molar-refractivity contribution in [2.45, 2.75) is 26.3 Å². The Hall–Kier alpha value is -3.35. The van der Waals surface area contributed by atoms with Gasteiger partial charge in [-0.25, -0.2) is 4.39 Å². The Morgan fingerprint density at radius 3 is 2.69 bits per heavy atom. The molecule has 0 radical (unpaired) electrons. The van der Waals surface area contributed by atoms with Crippen LogP contribution in [0.3, 0.4) is 0 Å². The number of nitrogens with zero attached hydrogens (tertiary/aromatic N) is 4. The van der Waals surface area contributed by atoms with Crippen molar-refractivity contribution in [1.82, 2.24) is 15.2 Å². The maximum Gasteiger partial charge on any atom is 0.143 e. The second kappa shape index (κ2) is 7.95. The first-order valence-electron chi connectivity index (χ1n) is 9.67. The van der Waals surface area contributed by atoms with Crippen LogP contribution in [0.2, 0.25) is 0 Å². The summed E-state index contributed by atoms with van der Waals surface area (Å²) in [5, 5.41) is 12.9. The molecule has 29 heavy (non-hydrogen) atoms. The fourth-order valence-corrected chi connectivity index (χ4v) is 3.43. The summed E-state index contributed by atoms with van der Waals surface area (Å²) in [7, 11) is 0. The van der Waals surface area contributed by atoms with Gasteiger partial charge in [0.15, 0.2) is 0 Å². The number of phenols is 1. The lowest BCUT2D eigenvalue weighted by Crippen LogP contribution is -2.35. The Balaban J connectivity index is 1.56. The molecule has 0 amide bonds. The van der Waals surface area contributed by atoms with E-state index >= 15 is 0 Å². The van der Waals surface area contributed by atoms with E-state index in [0.717, 1.165) is 29.1 Å². The summed E-state index contributed by atoms with van der Waals surface area (Å²) in [6, 6.07) is 8.97. The average molecular weight is 393 g/mol. The van der Waals surface area contributed by atoms with E-state index in [1.165, 1.54) is 12.3 Å². The van der Waals surface area contributed by atoms with Gasteiger partial charge >= 0.3 is 0 Å². The third kappa shape index (κ3) is 4.08. The first-order valence-corrected chi connectivity index (χ1v) is 9.67. The molecule has 0 atom stereocenters. The highest BCUT2D eigenvalue weighted by atomic mass is 19.1. The van der Waals surface area contributed by atoms with E-state index in [1.807, 2.05) is 29.4 Å². The maximum atomic E-state index is 13.7. The number of nitrogens with one attached hydrogen (secondary N) is 1. The maximum absolute atomic E-state index is 13.7. The summed E-state index contributed by atoms with van der Waals surface area (Å²) < 4.78 is 13.7. The quantitative estimate of drug-likeness (QED) is 0.788. The van der Waals surface area contributed by atoms with Crippen molar-refractivity contribution >= 4 is 11.4 Å². The van der Waals surface area contributed by atoms with Gasteiger partial charge in [0.2, 0.25) is 0 Å². The molecule has 0 fully saturated rings. The zero-order valence-corrected chi connectivity index (χ0v) is 16.5. The van der Waals surface area contributed by atoms with E-state index in [9.17, 15) is 9.50 Å². The molecule has 2 aromatic rings. The third-order valence-corrected chi connectivity index (χ3v) is 5.00. The predicted molar refractivity (Wildman–Crippen MR) is 112 cm³/mol. The lowest BCUT2D eigenvalue weighted by molar-refractivity contribution is 0.321. The normalized spacial score (nSPS) is 15.8. The van der Waals surface area contributed by atoms with E-state index in [4.69, 9.17) is 4.99 Å². The van der Waals surface area contributed by atoms with Crippen LogP contribution in [0.25, 0.3) is 0 Å². The van der Waals surface area contributed by atoms with Gasteiger partial charge in [-0.3, -0.25) is 9.98 Å². The molecule has 0 saturated heterocycles. The fourth-order valence-electron chi connectivity index (χ4n) is 3.43. The number of phenolic OH excluding ortho intramolecular Hbond substituents is 1. The molecule has 3 heterocycles. The van der Waals surface area contributed by atoms with Crippen molar-refractivity contribution in [3.63, 3.8) is 0 Å². The third-order valence-electron chi connectivity index (χ3n) is 5.00. The molecular weight excluding hydrogens is 369 g/mol. The van der Waals surface area contributed by atoms with E-state index in [0.29, 0.717) is 24.9 Å². The Morgan fingerprint density at radius 1 is 1.17 bits per heavy atom. The summed E-state index contributed by atoms with van der Waals surface area (Å²) in [4.78, 5) is 12.8. The van der Waals surface area contributed by atoms with Gasteiger partial charge in [-0.1, -0.05) is 12.1 Å². The molecule has 0 bridgehead atoms. The van der Waals surface area contributed by atoms with Crippen LogP contribution in [-0.2, 0) is 6.42 Å². The van der Waals surface area contributed by atoms with Gasteiger partial charge in [0.05, 0.1) is 29.5 Å². The number of aromatic nitrogens is 1. The monoisotopic (exact) mass is 393 g/mol. The van der Waals surface area contributed by atoms with Crippen LogP contribution < -0.4 is 10.2 Å². The van der Waals surface area contributed by atoms with Crippen molar-refractivity contribution in [3.8, 4) is 5.75 Å². The lowest BCUT2D eigenvalue weighted by atomic mass is 10.1.